The van der Waals surface area contributed by atoms with Gasteiger partial charge < -0.3 is 5.32 Å². The van der Waals surface area contributed by atoms with Crippen LogP contribution in [0, 0.1) is 11.6 Å². The molecular formula is C21H15ClF2N4O. The van der Waals surface area contributed by atoms with Crippen molar-refractivity contribution in [1.29, 1.82) is 0 Å². The van der Waals surface area contributed by atoms with E-state index in [0.717, 1.165) is 11.6 Å². The van der Waals surface area contributed by atoms with Crippen LogP contribution in [0.1, 0.15) is 35.9 Å². The van der Waals surface area contributed by atoms with Crippen LogP contribution in [0.5, 0.6) is 0 Å². The van der Waals surface area contributed by atoms with E-state index in [2.05, 4.69) is 15.4 Å². The van der Waals surface area contributed by atoms with Crippen molar-refractivity contribution < 1.29 is 13.6 Å². The Balaban J connectivity index is 1.61. The molecule has 2 atom stereocenters. The number of halogens is 3. The molecular weight excluding hydrogens is 398 g/mol. The highest BCUT2D eigenvalue weighted by atomic mass is 35.5. The SMILES string of the molecule is O=C1C[C@@H](c2ccc(Cl)cc2)CC2=C1[C@H](c1cc(F)cc(F)c1)n1ncnc1N2. The highest BCUT2D eigenvalue weighted by molar-refractivity contribution is 6.30. The lowest BCUT2D eigenvalue weighted by Crippen LogP contribution is -2.33. The molecule has 0 unspecified atom stereocenters. The van der Waals surface area contributed by atoms with Gasteiger partial charge in [0, 0.05) is 28.8 Å². The van der Waals surface area contributed by atoms with Crippen molar-refractivity contribution in [2.24, 2.45) is 0 Å². The molecule has 2 heterocycles. The highest BCUT2D eigenvalue weighted by Gasteiger charge is 2.39. The highest BCUT2D eigenvalue weighted by Crippen LogP contribution is 2.44. The summed E-state index contributed by atoms with van der Waals surface area (Å²) in [5, 5.41) is 8.00. The second kappa shape index (κ2) is 6.77. The van der Waals surface area contributed by atoms with Crippen LogP contribution in [0.2, 0.25) is 5.02 Å². The van der Waals surface area contributed by atoms with E-state index in [4.69, 9.17) is 11.6 Å². The molecule has 3 aromatic rings. The van der Waals surface area contributed by atoms with Gasteiger partial charge in [-0.1, -0.05) is 23.7 Å². The predicted molar refractivity (Wildman–Crippen MR) is 104 cm³/mol. The molecule has 29 heavy (non-hydrogen) atoms. The number of nitrogens with one attached hydrogen (secondary N) is 1. The molecule has 0 fully saturated rings. The van der Waals surface area contributed by atoms with E-state index in [-0.39, 0.29) is 11.7 Å². The predicted octanol–water partition coefficient (Wildman–Crippen LogP) is 4.63. The summed E-state index contributed by atoms with van der Waals surface area (Å²) < 4.78 is 29.3. The average molecular weight is 413 g/mol. The smallest absolute Gasteiger partial charge is 0.226 e. The van der Waals surface area contributed by atoms with Gasteiger partial charge in [-0.25, -0.2) is 13.5 Å². The molecule has 1 aromatic heterocycles. The molecule has 1 aliphatic heterocycles. The van der Waals surface area contributed by atoms with Gasteiger partial charge in [-0.15, -0.1) is 0 Å². The molecule has 5 rings (SSSR count). The van der Waals surface area contributed by atoms with E-state index in [0.29, 0.717) is 40.6 Å². The van der Waals surface area contributed by atoms with Gasteiger partial charge in [0.25, 0.3) is 0 Å². The third kappa shape index (κ3) is 3.11. The number of carbonyl (C=O) groups is 1. The second-order valence-corrected chi connectivity index (χ2v) is 7.67. The average Bonchev–Trinajstić information content (AvgIpc) is 3.14. The first-order valence-corrected chi connectivity index (χ1v) is 9.51. The van der Waals surface area contributed by atoms with E-state index >= 15 is 0 Å². The molecule has 0 radical (unpaired) electrons. The first-order chi connectivity index (χ1) is 14.0. The summed E-state index contributed by atoms with van der Waals surface area (Å²) in [5.41, 5.74) is 2.51. The fourth-order valence-corrected chi connectivity index (χ4v) is 4.29. The minimum absolute atomic E-state index is 0.0228. The number of Topliss-reactive ketones (excluding diaryl/α,β-unsaturated/α-hetero) is 1. The first-order valence-electron chi connectivity index (χ1n) is 9.14. The Morgan fingerprint density at radius 1 is 1.03 bits per heavy atom. The lowest BCUT2D eigenvalue weighted by atomic mass is 9.78. The van der Waals surface area contributed by atoms with Crippen molar-refractivity contribution in [3.63, 3.8) is 0 Å². The quantitative estimate of drug-likeness (QED) is 0.667. The lowest BCUT2D eigenvalue weighted by Gasteiger charge is -2.35. The summed E-state index contributed by atoms with van der Waals surface area (Å²) in [5.74, 6) is -1.09. The number of rotatable bonds is 2. The Morgan fingerprint density at radius 2 is 1.76 bits per heavy atom. The van der Waals surface area contributed by atoms with E-state index < -0.39 is 17.7 Å². The zero-order chi connectivity index (χ0) is 20.1. The Bertz CT molecular complexity index is 1140. The van der Waals surface area contributed by atoms with E-state index in [1.807, 2.05) is 12.1 Å². The Hall–Kier alpha value is -3.06. The van der Waals surface area contributed by atoms with Crippen molar-refractivity contribution in [2.75, 3.05) is 5.32 Å². The van der Waals surface area contributed by atoms with Gasteiger partial charge in [-0.2, -0.15) is 10.1 Å². The molecule has 2 aromatic carbocycles. The number of hydrogen-bond donors (Lipinski definition) is 1. The van der Waals surface area contributed by atoms with Gasteiger partial charge in [-0.05, 0) is 47.7 Å². The second-order valence-electron chi connectivity index (χ2n) is 7.23. The van der Waals surface area contributed by atoms with E-state index in [1.54, 1.807) is 12.1 Å². The monoisotopic (exact) mass is 412 g/mol. The minimum Gasteiger partial charge on any atom is -0.328 e. The molecule has 8 heteroatoms. The molecule has 1 aliphatic carbocycles. The Morgan fingerprint density at radius 3 is 2.48 bits per heavy atom. The van der Waals surface area contributed by atoms with E-state index in [1.165, 1.54) is 23.1 Å². The van der Waals surface area contributed by atoms with Gasteiger partial charge in [0.05, 0.1) is 0 Å². The van der Waals surface area contributed by atoms with Crippen LogP contribution < -0.4 is 5.32 Å². The molecule has 0 bridgehead atoms. The summed E-state index contributed by atoms with van der Waals surface area (Å²) in [6.07, 6.45) is 2.22. The van der Waals surface area contributed by atoms with E-state index in [9.17, 15) is 13.6 Å². The minimum atomic E-state index is -0.729. The number of carbonyl (C=O) groups excluding carboxylic acids is 1. The van der Waals surface area contributed by atoms with Crippen molar-refractivity contribution in [3.05, 3.63) is 87.8 Å². The van der Waals surface area contributed by atoms with Crippen molar-refractivity contribution in [1.82, 2.24) is 14.8 Å². The first kappa shape index (κ1) is 18.0. The van der Waals surface area contributed by atoms with Gasteiger partial charge in [0.1, 0.15) is 24.0 Å². The van der Waals surface area contributed by atoms with Crippen LogP contribution >= 0.6 is 11.6 Å². The molecule has 0 saturated heterocycles. The fraction of sp³-hybridized carbons (Fsp3) is 0.190. The van der Waals surface area contributed by atoms with Gasteiger partial charge in [-0.3, -0.25) is 4.79 Å². The molecule has 0 amide bonds. The number of aromatic nitrogens is 3. The third-order valence-electron chi connectivity index (χ3n) is 5.40. The number of fused-ring (bicyclic) bond motifs is 1. The van der Waals surface area contributed by atoms with Crippen LogP contribution in [-0.2, 0) is 4.79 Å². The van der Waals surface area contributed by atoms with Crippen molar-refractivity contribution >= 4 is 23.3 Å². The number of anilines is 1. The maximum Gasteiger partial charge on any atom is 0.226 e. The number of benzene rings is 2. The number of hydrogen-bond acceptors (Lipinski definition) is 4. The lowest BCUT2D eigenvalue weighted by molar-refractivity contribution is -0.116. The van der Waals surface area contributed by atoms with Gasteiger partial charge >= 0.3 is 0 Å². The van der Waals surface area contributed by atoms with Crippen LogP contribution in [0.25, 0.3) is 0 Å². The third-order valence-corrected chi connectivity index (χ3v) is 5.66. The number of ketones is 1. The maximum absolute atomic E-state index is 13.9. The Labute approximate surface area is 170 Å². The fourth-order valence-electron chi connectivity index (χ4n) is 4.16. The summed E-state index contributed by atoms with van der Waals surface area (Å²) in [6, 6.07) is 9.96. The Kier molecular flexibility index (Phi) is 4.20. The summed E-state index contributed by atoms with van der Waals surface area (Å²) in [4.78, 5) is 17.4. The molecule has 0 saturated carbocycles. The molecule has 146 valence electrons. The van der Waals surface area contributed by atoms with Crippen molar-refractivity contribution in [3.8, 4) is 0 Å². The summed E-state index contributed by atoms with van der Waals surface area (Å²) >= 11 is 5.98. The van der Waals surface area contributed by atoms with Crippen LogP contribution in [0.15, 0.2) is 60.1 Å². The van der Waals surface area contributed by atoms with Crippen LogP contribution in [-0.4, -0.2) is 20.5 Å². The normalized spacial score (nSPS) is 20.9. The molecule has 0 spiro atoms. The zero-order valence-corrected chi connectivity index (χ0v) is 15.8. The van der Waals surface area contributed by atoms with Gasteiger partial charge in [0.2, 0.25) is 5.95 Å². The maximum atomic E-state index is 13.9. The van der Waals surface area contributed by atoms with Crippen molar-refractivity contribution in [2.45, 2.75) is 24.8 Å². The molecule has 1 N–H and O–H groups in total. The number of allylic oxidation sites excluding steroid dienone is 2. The topological polar surface area (TPSA) is 59.8 Å². The van der Waals surface area contributed by atoms with Crippen LogP contribution in [0.3, 0.4) is 0 Å². The zero-order valence-electron chi connectivity index (χ0n) is 15.1. The molecule has 5 nitrogen and oxygen atoms in total. The summed E-state index contributed by atoms with van der Waals surface area (Å²) in [7, 11) is 0. The van der Waals surface area contributed by atoms with Crippen LogP contribution in [0.4, 0.5) is 14.7 Å². The standard InChI is InChI=1S/C21H15ClF2N4O/c22-14-3-1-11(2-4-14)12-7-17-19(18(29)8-12)20(28-21(27-17)25-10-26-28)13-5-15(23)9-16(24)6-13/h1-6,9-10,12,20H,7-8H2,(H,25,26,27)/t12-,20-/m0/s1. The molecule has 2 aliphatic rings. The largest absolute Gasteiger partial charge is 0.328 e. The summed E-state index contributed by atoms with van der Waals surface area (Å²) in [6.45, 7) is 0. The van der Waals surface area contributed by atoms with Gasteiger partial charge in [0.15, 0.2) is 5.78 Å². The number of nitrogens with zero attached hydrogens (tertiary/aromatic N) is 3.